The number of aromatic amines is 1. The minimum Gasteiger partial charge on any atom is -0.487 e. The van der Waals surface area contributed by atoms with E-state index in [2.05, 4.69) is 32.1 Å². The van der Waals surface area contributed by atoms with Gasteiger partial charge in [-0.1, -0.05) is 18.2 Å². The smallest absolute Gasteiger partial charge is 0.255 e. The molecule has 8 heteroatoms. The van der Waals surface area contributed by atoms with Crippen molar-refractivity contribution < 1.29 is 9.53 Å². The number of piperazine rings is 1. The molecule has 1 aliphatic heterocycles. The molecule has 36 heavy (non-hydrogen) atoms. The molecule has 3 heterocycles. The van der Waals surface area contributed by atoms with Gasteiger partial charge >= 0.3 is 0 Å². The number of nitrogens with one attached hydrogen (secondary N) is 2. The number of pyridine rings is 1. The number of amides is 1. The maximum absolute atomic E-state index is 12.9. The highest BCUT2D eigenvalue weighted by Crippen LogP contribution is 2.24. The van der Waals surface area contributed by atoms with Crippen LogP contribution in [0.5, 0.6) is 5.75 Å². The molecule has 2 N–H and O–H groups in total. The first-order valence-electron chi connectivity index (χ1n) is 12.1. The topological polar surface area (TPSA) is 86.4 Å². The summed E-state index contributed by atoms with van der Waals surface area (Å²) in [4.78, 5) is 29.7. The van der Waals surface area contributed by atoms with Crippen LogP contribution in [-0.4, -0.2) is 59.0 Å². The molecule has 5 rings (SSSR count). The highest BCUT2D eigenvalue weighted by molar-refractivity contribution is 6.05. The number of nitrogens with zero attached hydrogens (tertiary/aromatic N) is 4. The third-order valence-corrected chi connectivity index (χ3v) is 6.38. The largest absolute Gasteiger partial charge is 0.487 e. The van der Waals surface area contributed by atoms with E-state index in [1.54, 1.807) is 24.5 Å². The maximum Gasteiger partial charge on any atom is 0.255 e. The third-order valence-electron chi connectivity index (χ3n) is 6.38. The number of benzene rings is 2. The summed E-state index contributed by atoms with van der Waals surface area (Å²) >= 11 is 0. The van der Waals surface area contributed by atoms with E-state index in [0.29, 0.717) is 17.9 Å². The van der Waals surface area contributed by atoms with Gasteiger partial charge in [-0.3, -0.25) is 4.79 Å². The Morgan fingerprint density at radius 1 is 1.06 bits per heavy atom. The van der Waals surface area contributed by atoms with Gasteiger partial charge in [0.15, 0.2) is 0 Å². The van der Waals surface area contributed by atoms with Crippen LogP contribution < -0.4 is 15.0 Å². The molecule has 2 aromatic heterocycles. The van der Waals surface area contributed by atoms with Gasteiger partial charge in [-0.2, -0.15) is 0 Å². The second-order valence-electron chi connectivity index (χ2n) is 9.01. The van der Waals surface area contributed by atoms with E-state index in [1.807, 2.05) is 55.5 Å². The second-order valence-corrected chi connectivity index (χ2v) is 9.01. The summed E-state index contributed by atoms with van der Waals surface area (Å²) in [5.41, 5.74) is 4.07. The summed E-state index contributed by atoms with van der Waals surface area (Å²) in [6.07, 6.45) is 3.48. The van der Waals surface area contributed by atoms with Gasteiger partial charge in [0.25, 0.3) is 5.91 Å². The number of H-pyrrole nitrogens is 1. The fourth-order valence-corrected chi connectivity index (χ4v) is 4.14. The summed E-state index contributed by atoms with van der Waals surface area (Å²) in [5, 5.41) is 3.01. The molecule has 0 saturated carbocycles. The van der Waals surface area contributed by atoms with Crippen molar-refractivity contribution >= 4 is 17.4 Å². The minimum atomic E-state index is -0.178. The van der Waals surface area contributed by atoms with E-state index in [-0.39, 0.29) is 5.91 Å². The first kappa shape index (κ1) is 23.6. The summed E-state index contributed by atoms with van der Waals surface area (Å²) in [6.45, 7) is 6.36. The molecule has 0 bridgehead atoms. The van der Waals surface area contributed by atoms with Gasteiger partial charge in [-0.05, 0) is 62.0 Å². The summed E-state index contributed by atoms with van der Waals surface area (Å²) in [5.74, 6) is 2.26. The molecule has 0 atom stereocenters. The van der Waals surface area contributed by atoms with Crippen LogP contribution in [-0.2, 0) is 6.61 Å². The number of aromatic nitrogens is 3. The zero-order valence-corrected chi connectivity index (χ0v) is 20.6. The van der Waals surface area contributed by atoms with E-state index >= 15 is 0 Å². The van der Waals surface area contributed by atoms with E-state index < -0.39 is 0 Å². The number of rotatable bonds is 7. The number of hydrogen-bond donors (Lipinski definition) is 2. The fourth-order valence-electron chi connectivity index (χ4n) is 4.14. The fraction of sp³-hybridized carbons (Fsp3) is 0.250. The van der Waals surface area contributed by atoms with Crippen LogP contribution >= 0.6 is 0 Å². The molecule has 1 fully saturated rings. The number of likely N-dealkylation sites (N-methyl/N-ethyl adjacent to an activating group) is 1. The lowest BCUT2D eigenvalue weighted by Crippen LogP contribution is -2.44. The predicted molar refractivity (Wildman–Crippen MR) is 141 cm³/mol. The monoisotopic (exact) mass is 482 g/mol. The van der Waals surface area contributed by atoms with Gasteiger partial charge in [0, 0.05) is 55.4 Å². The molecule has 0 unspecified atom stereocenters. The van der Waals surface area contributed by atoms with Gasteiger partial charge in [-0.25, -0.2) is 9.97 Å². The molecular weight excluding hydrogens is 452 g/mol. The molecule has 1 saturated heterocycles. The molecule has 2 aromatic carbocycles. The minimum absolute atomic E-state index is 0.178. The lowest BCUT2D eigenvalue weighted by molar-refractivity contribution is 0.102. The van der Waals surface area contributed by atoms with E-state index in [0.717, 1.165) is 60.3 Å². The standard InChI is InChI=1S/C28H30N6O2/c1-20-6-7-22(27-29-12-13-30-27)18-25(20)32-28(35)21-8-10-24(11-9-21)36-19-23-4-3-5-26(31-23)34-16-14-33(2)15-17-34/h3-13,18H,14-17,19H2,1-2H3,(H,29,30)(H,32,35). The summed E-state index contributed by atoms with van der Waals surface area (Å²) < 4.78 is 5.95. The van der Waals surface area contributed by atoms with Crippen molar-refractivity contribution in [3.63, 3.8) is 0 Å². The van der Waals surface area contributed by atoms with Crippen molar-refractivity contribution in [1.82, 2.24) is 19.9 Å². The molecular formula is C28H30N6O2. The van der Waals surface area contributed by atoms with Crippen molar-refractivity contribution in [1.29, 1.82) is 0 Å². The number of ether oxygens (including phenoxy) is 1. The Morgan fingerprint density at radius 3 is 2.61 bits per heavy atom. The quantitative estimate of drug-likeness (QED) is 0.407. The summed E-state index contributed by atoms with van der Waals surface area (Å²) in [6, 6.07) is 19.1. The van der Waals surface area contributed by atoms with Gasteiger partial charge in [0.05, 0.1) is 5.69 Å². The summed E-state index contributed by atoms with van der Waals surface area (Å²) in [7, 11) is 2.14. The van der Waals surface area contributed by atoms with Crippen LogP contribution in [0.1, 0.15) is 21.6 Å². The first-order chi connectivity index (χ1) is 17.5. The third kappa shape index (κ3) is 5.55. The number of hydrogen-bond acceptors (Lipinski definition) is 6. The van der Waals surface area contributed by atoms with Crippen molar-refractivity contribution in [2.75, 3.05) is 43.4 Å². The lowest BCUT2D eigenvalue weighted by atomic mass is 10.1. The van der Waals surface area contributed by atoms with E-state index in [9.17, 15) is 4.79 Å². The maximum atomic E-state index is 12.9. The second kappa shape index (κ2) is 10.6. The Labute approximate surface area is 211 Å². The van der Waals surface area contributed by atoms with Gasteiger partial charge in [0.1, 0.15) is 24.0 Å². The molecule has 8 nitrogen and oxygen atoms in total. The van der Waals surface area contributed by atoms with Crippen molar-refractivity contribution in [2.24, 2.45) is 0 Å². The van der Waals surface area contributed by atoms with Crippen LogP contribution in [0.15, 0.2) is 73.1 Å². The van der Waals surface area contributed by atoms with E-state index in [4.69, 9.17) is 9.72 Å². The Hall–Kier alpha value is -4.17. The highest BCUT2D eigenvalue weighted by atomic mass is 16.5. The Balaban J connectivity index is 1.19. The zero-order chi connectivity index (χ0) is 24.9. The predicted octanol–water partition coefficient (Wildman–Crippen LogP) is 4.36. The number of anilines is 2. The Kier molecular flexibility index (Phi) is 6.95. The number of imidazole rings is 1. The van der Waals surface area contributed by atoms with Gasteiger partial charge < -0.3 is 24.8 Å². The normalized spacial score (nSPS) is 14.0. The van der Waals surface area contributed by atoms with Crippen LogP contribution in [0.4, 0.5) is 11.5 Å². The first-order valence-corrected chi connectivity index (χ1v) is 12.1. The SMILES string of the molecule is Cc1ccc(-c2ncc[nH]2)cc1NC(=O)c1ccc(OCc2cccc(N3CCN(C)CC3)n2)cc1. The molecule has 184 valence electrons. The number of carbonyl (C=O) groups is 1. The molecule has 1 amide bonds. The van der Waals surface area contributed by atoms with Crippen LogP contribution in [0.2, 0.25) is 0 Å². The average molecular weight is 483 g/mol. The van der Waals surface area contributed by atoms with Crippen molar-refractivity contribution in [2.45, 2.75) is 13.5 Å². The molecule has 1 aliphatic rings. The average Bonchev–Trinajstić information content (AvgIpc) is 3.45. The molecule has 4 aromatic rings. The molecule has 0 radical (unpaired) electrons. The van der Waals surface area contributed by atoms with Crippen molar-refractivity contribution in [3.05, 3.63) is 89.9 Å². The number of aryl methyl sites for hydroxylation is 1. The van der Waals surface area contributed by atoms with E-state index in [1.165, 1.54) is 0 Å². The zero-order valence-electron chi connectivity index (χ0n) is 20.6. The molecule has 0 spiro atoms. The highest BCUT2D eigenvalue weighted by Gasteiger charge is 2.15. The van der Waals surface area contributed by atoms with Crippen LogP contribution in [0.25, 0.3) is 11.4 Å². The molecule has 0 aliphatic carbocycles. The van der Waals surface area contributed by atoms with Crippen molar-refractivity contribution in [3.8, 4) is 17.1 Å². The Bertz CT molecular complexity index is 1310. The number of carbonyl (C=O) groups excluding carboxylic acids is 1. The van der Waals surface area contributed by atoms with Gasteiger partial charge in [-0.15, -0.1) is 0 Å². The van der Waals surface area contributed by atoms with Crippen LogP contribution in [0.3, 0.4) is 0 Å². The lowest BCUT2D eigenvalue weighted by Gasteiger charge is -2.33. The Morgan fingerprint density at radius 2 is 1.86 bits per heavy atom. The van der Waals surface area contributed by atoms with Gasteiger partial charge in [0.2, 0.25) is 0 Å². The van der Waals surface area contributed by atoms with Crippen LogP contribution in [0, 0.1) is 6.92 Å².